The highest BCUT2D eigenvalue weighted by Crippen LogP contribution is 2.01. The molecule has 0 aliphatic rings. The summed E-state index contributed by atoms with van der Waals surface area (Å²) in [6.45, 7) is 6.04. The first-order valence-corrected chi connectivity index (χ1v) is 4.66. The molecule has 0 bridgehead atoms. The summed E-state index contributed by atoms with van der Waals surface area (Å²) in [6, 6.07) is 0. The molecule has 6 heavy (non-hydrogen) atoms. The van der Waals surface area contributed by atoms with Crippen LogP contribution in [0.2, 0.25) is 12.1 Å². The van der Waals surface area contributed by atoms with Gasteiger partial charge in [0.1, 0.15) is 0 Å². The van der Waals surface area contributed by atoms with Crippen LogP contribution >= 0.6 is 0 Å². The van der Waals surface area contributed by atoms with E-state index in [1.165, 1.54) is 0 Å². The fraction of sp³-hybridized carbons (Fsp3) is 1.00. The number of hydrogen-bond acceptors (Lipinski definition) is 1. The van der Waals surface area contributed by atoms with Gasteiger partial charge in [-0.15, -0.1) is 0 Å². The highest BCUT2D eigenvalue weighted by atomic mass is 28.3. The van der Waals surface area contributed by atoms with E-state index in [2.05, 4.69) is 13.8 Å². The van der Waals surface area contributed by atoms with Gasteiger partial charge in [0.2, 0.25) is 0 Å². The Kier molecular flexibility index (Phi) is 2.44. The van der Waals surface area contributed by atoms with Crippen LogP contribution in [0.25, 0.3) is 0 Å². The van der Waals surface area contributed by atoms with Crippen molar-refractivity contribution in [2.45, 2.75) is 25.9 Å². The maximum absolute atomic E-state index is 8.77. The lowest BCUT2D eigenvalue weighted by Gasteiger charge is -2.01. The van der Waals surface area contributed by atoms with Gasteiger partial charge in [-0.25, -0.2) is 0 Å². The van der Waals surface area contributed by atoms with Crippen molar-refractivity contribution in [2.24, 2.45) is 0 Å². The van der Waals surface area contributed by atoms with Gasteiger partial charge in [-0.2, -0.15) is 0 Å². The zero-order valence-electron chi connectivity index (χ0n) is 4.60. The summed E-state index contributed by atoms with van der Waals surface area (Å²) in [4.78, 5) is 8.77. The van der Waals surface area contributed by atoms with E-state index in [4.69, 9.17) is 4.80 Å². The minimum absolute atomic E-state index is 0.546. The first-order valence-electron chi connectivity index (χ1n) is 2.32. The van der Waals surface area contributed by atoms with E-state index in [0.717, 1.165) is 0 Å². The fourth-order valence-corrected chi connectivity index (χ4v) is 0. The zero-order valence-corrected chi connectivity index (χ0v) is 5.76. The molecule has 0 fully saturated rings. The second-order valence-electron chi connectivity index (χ2n) is 1.98. The van der Waals surface area contributed by atoms with E-state index in [9.17, 15) is 0 Å². The van der Waals surface area contributed by atoms with Crippen LogP contribution in [0.3, 0.4) is 0 Å². The highest BCUT2D eigenvalue weighted by molar-refractivity contribution is 6.50. The molecule has 0 radical (unpaired) electrons. The molecular weight excluding hydrogens is 92.1 g/mol. The Bertz CT molecular complexity index is 28.5. The third kappa shape index (κ3) is 2.42. The Labute approximate surface area is 40.7 Å². The third-order valence-corrected chi connectivity index (χ3v) is 2.89. The Morgan fingerprint density at radius 2 is 1.67 bits per heavy atom. The standard InChI is InChI=1S/C4H12OSi/c1-4(2)6(3)5/h4-6H,1-3H3. The van der Waals surface area contributed by atoms with Crippen LogP contribution in [0.5, 0.6) is 0 Å². The Morgan fingerprint density at radius 3 is 1.67 bits per heavy atom. The van der Waals surface area contributed by atoms with Crippen LogP contribution < -0.4 is 0 Å². The normalized spacial score (nSPS) is 15.5. The van der Waals surface area contributed by atoms with E-state index < -0.39 is 9.04 Å². The van der Waals surface area contributed by atoms with Gasteiger partial charge in [0.05, 0.1) is 0 Å². The molecule has 0 heterocycles. The number of hydrogen-bond donors (Lipinski definition) is 1. The van der Waals surface area contributed by atoms with E-state index >= 15 is 0 Å². The summed E-state index contributed by atoms with van der Waals surface area (Å²) in [5.74, 6) is 0. The van der Waals surface area contributed by atoms with Gasteiger partial charge < -0.3 is 4.80 Å². The quantitative estimate of drug-likeness (QED) is 0.486. The van der Waals surface area contributed by atoms with Crippen molar-refractivity contribution in [1.29, 1.82) is 0 Å². The first-order chi connectivity index (χ1) is 2.64. The average Bonchev–Trinajstić information content (AvgIpc) is 1.36. The van der Waals surface area contributed by atoms with Crippen molar-refractivity contribution < 1.29 is 4.80 Å². The van der Waals surface area contributed by atoms with Gasteiger partial charge in [0, 0.05) is 0 Å². The molecule has 2 heteroatoms. The number of rotatable bonds is 1. The molecule has 1 nitrogen and oxygen atoms in total. The van der Waals surface area contributed by atoms with Gasteiger partial charge in [-0.05, 0) is 12.1 Å². The lowest BCUT2D eigenvalue weighted by Crippen LogP contribution is -2.08. The van der Waals surface area contributed by atoms with Crippen LogP contribution in [0.15, 0.2) is 0 Å². The fourth-order valence-electron chi connectivity index (χ4n) is 0. The first kappa shape index (κ1) is 6.18. The largest absolute Gasteiger partial charge is 0.435 e. The third-order valence-electron chi connectivity index (χ3n) is 0.965. The molecule has 1 N–H and O–H groups in total. The maximum atomic E-state index is 8.77. The SMILES string of the molecule is CC(C)[SiH](C)O. The predicted octanol–water partition coefficient (Wildman–Crippen LogP) is 0.742. The second-order valence-corrected chi connectivity index (χ2v) is 4.80. The molecule has 0 aromatic rings. The lowest BCUT2D eigenvalue weighted by molar-refractivity contribution is 0.562. The van der Waals surface area contributed by atoms with E-state index in [1.807, 2.05) is 6.55 Å². The van der Waals surface area contributed by atoms with Gasteiger partial charge >= 0.3 is 0 Å². The topological polar surface area (TPSA) is 20.2 Å². The molecule has 0 aromatic heterocycles. The van der Waals surface area contributed by atoms with Gasteiger partial charge in [0.25, 0.3) is 0 Å². The molecule has 0 amide bonds. The molecule has 38 valence electrons. The molecule has 0 spiro atoms. The lowest BCUT2D eigenvalue weighted by atomic mass is 10.6. The molecule has 0 aliphatic carbocycles. The summed E-state index contributed by atoms with van der Waals surface area (Å²) >= 11 is 0. The molecule has 0 aliphatic heterocycles. The zero-order chi connectivity index (χ0) is 5.15. The summed E-state index contributed by atoms with van der Waals surface area (Å²) in [6.07, 6.45) is 0. The summed E-state index contributed by atoms with van der Waals surface area (Å²) in [5, 5.41) is 0. The van der Waals surface area contributed by atoms with Crippen LogP contribution in [0, 0.1) is 0 Å². The Balaban J connectivity index is 2.99. The van der Waals surface area contributed by atoms with Crippen molar-refractivity contribution >= 4 is 9.04 Å². The Morgan fingerprint density at radius 1 is 1.50 bits per heavy atom. The van der Waals surface area contributed by atoms with Crippen molar-refractivity contribution in [2.75, 3.05) is 0 Å². The van der Waals surface area contributed by atoms with Gasteiger partial charge in [-0.1, -0.05) is 13.8 Å². The molecular formula is C4H12OSi. The molecule has 0 rings (SSSR count). The van der Waals surface area contributed by atoms with E-state index in [-0.39, 0.29) is 0 Å². The minimum atomic E-state index is -1.24. The van der Waals surface area contributed by atoms with Crippen LogP contribution in [0.4, 0.5) is 0 Å². The molecule has 0 saturated heterocycles. The van der Waals surface area contributed by atoms with Gasteiger partial charge in [-0.3, -0.25) is 0 Å². The molecule has 0 saturated carbocycles. The van der Waals surface area contributed by atoms with Crippen LogP contribution in [-0.4, -0.2) is 13.8 Å². The summed E-state index contributed by atoms with van der Waals surface area (Å²) in [5.41, 5.74) is 0.546. The second kappa shape index (κ2) is 2.37. The molecule has 1 unspecified atom stereocenters. The van der Waals surface area contributed by atoms with E-state index in [1.54, 1.807) is 0 Å². The summed E-state index contributed by atoms with van der Waals surface area (Å²) < 4.78 is 0. The van der Waals surface area contributed by atoms with Crippen LogP contribution in [-0.2, 0) is 0 Å². The highest BCUT2D eigenvalue weighted by Gasteiger charge is 2.01. The molecule has 1 atom stereocenters. The Hall–Kier alpha value is 0.177. The van der Waals surface area contributed by atoms with E-state index in [0.29, 0.717) is 5.54 Å². The maximum Gasteiger partial charge on any atom is 0.172 e. The molecule has 0 aromatic carbocycles. The summed E-state index contributed by atoms with van der Waals surface area (Å²) in [7, 11) is -1.24. The average molecular weight is 104 g/mol. The smallest absolute Gasteiger partial charge is 0.172 e. The van der Waals surface area contributed by atoms with Crippen LogP contribution in [0.1, 0.15) is 13.8 Å². The van der Waals surface area contributed by atoms with Crippen molar-refractivity contribution in [3.05, 3.63) is 0 Å². The van der Waals surface area contributed by atoms with Crippen molar-refractivity contribution in [1.82, 2.24) is 0 Å². The van der Waals surface area contributed by atoms with Crippen molar-refractivity contribution in [3.63, 3.8) is 0 Å². The predicted molar refractivity (Wildman–Crippen MR) is 30.3 cm³/mol. The van der Waals surface area contributed by atoms with Crippen molar-refractivity contribution in [3.8, 4) is 0 Å². The monoisotopic (exact) mass is 104 g/mol. The minimum Gasteiger partial charge on any atom is -0.435 e. The van der Waals surface area contributed by atoms with Gasteiger partial charge in [0.15, 0.2) is 9.04 Å².